The van der Waals surface area contributed by atoms with Crippen molar-refractivity contribution >= 4 is 33.5 Å². The molecule has 1 aromatic carbocycles. The van der Waals surface area contributed by atoms with Crippen LogP contribution >= 0.6 is 0 Å². The van der Waals surface area contributed by atoms with Crippen molar-refractivity contribution < 1.29 is 27.9 Å². The van der Waals surface area contributed by atoms with Crippen LogP contribution in [0.25, 0.3) is 0 Å². The van der Waals surface area contributed by atoms with E-state index in [2.05, 4.69) is 10.6 Å². The number of aliphatic carboxylic acids is 1. The van der Waals surface area contributed by atoms with Gasteiger partial charge in [0.05, 0.1) is 11.4 Å². The van der Waals surface area contributed by atoms with Gasteiger partial charge in [0.15, 0.2) is 0 Å². The standard InChI is InChI=1S/C16H23N3O6S/c1-4-5-14(16(22)23)18-15(21)10-19(3)26(24,25)13-8-6-12(7-9-13)17-11(2)20/h6-9,14H,4-5,10H2,1-3H3,(H,17,20)(H,18,21)(H,22,23). The van der Waals surface area contributed by atoms with Gasteiger partial charge in [-0.25, -0.2) is 13.2 Å². The van der Waals surface area contributed by atoms with Gasteiger partial charge >= 0.3 is 5.97 Å². The SMILES string of the molecule is CCCC(NC(=O)CN(C)S(=O)(=O)c1ccc(NC(C)=O)cc1)C(=O)O. The number of carbonyl (C=O) groups excluding carboxylic acids is 2. The predicted molar refractivity (Wildman–Crippen MR) is 95.0 cm³/mol. The largest absolute Gasteiger partial charge is 0.480 e. The van der Waals surface area contributed by atoms with E-state index in [1.54, 1.807) is 6.92 Å². The van der Waals surface area contributed by atoms with Crippen LogP contribution in [0.2, 0.25) is 0 Å². The first kappa shape index (κ1) is 21.6. The minimum absolute atomic E-state index is 0.0507. The Morgan fingerprint density at radius 3 is 2.23 bits per heavy atom. The third kappa shape index (κ3) is 6.12. The molecule has 3 N–H and O–H groups in total. The molecule has 9 nitrogen and oxygen atoms in total. The van der Waals surface area contributed by atoms with E-state index >= 15 is 0 Å². The molecule has 0 aliphatic heterocycles. The van der Waals surface area contributed by atoms with E-state index in [4.69, 9.17) is 5.11 Å². The number of carboxylic acids is 1. The van der Waals surface area contributed by atoms with Gasteiger partial charge in [-0.3, -0.25) is 9.59 Å². The summed E-state index contributed by atoms with van der Waals surface area (Å²) in [6.45, 7) is 2.60. The van der Waals surface area contributed by atoms with Gasteiger partial charge in [0.25, 0.3) is 0 Å². The van der Waals surface area contributed by atoms with Gasteiger partial charge in [-0.1, -0.05) is 13.3 Å². The number of carbonyl (C=O) groups is 3. The van der Waals surface area contributed by atoms with E-state index in [0.29, 0.717) is 12.1 Å². The fourth-order valence-electron chi connectivity index (χ4n) is 2.17. The Kier molecular flexibility index (Phi) is 7.72. The third-order valence-electron chi connectivity index (χ3n) is 3.46. The number of nitrogens with zero attached hydrogens (tertiary/aromatic N) is 1. The fourth-order valence-corrected chi connectivity index (χ4v) is 3.29. The number of sulfonamides is 1. The Balaban J connectivity index is 2.81. The number of benzene rings is 1. The summed E-state index contributed by atoms with van der Waals surface area (Å²) in [6, 6.07) is 4.44. The van der Waals surface area contributed by atoms with Crippen LogP contribution in [0.15, 0.2) is 29.2 Å². The molecular weight excluding hydrogens is 362 g/mol. The summed E-state index contributed by atoms with van der Waals surface area (Å²) in [5.74, 6) is -2.15. The number of carboxylic acid groups (broad SMARTS) is 1. The van der Waals surface area contributed by atoms with Crippen molar-refractivity contribution in [1.82, 2.24) is 9.62 Å². The topological polar surface area (TPSA) is 133 Å². The van der Waals surface area contributed by atoms with Crippen LogP contribution in [0, 0.1) is 0 Å². The lowest BCUT2D eigenvalue weighted by molar-refractivity contribution is -0.142. The number of anilines is 1. The zero-order chi connectivity index (χ0) is 19.9. The molecule has 0 heterocycles. The van der Waals surface area contributed by atoms with Gasteiger partial charge in [0.2, 0.25) is 21.8 Å². The fraction of sp³-hybridized carbons (Fsp3) is 0.438. The lowest BCUT2D eigenvalue weighted by Crippen LogP contribution is -2.45. The molecule has 0 fully saturated rings. The molecule has 0 aliphatic carbocycles. The maximum atomic E-state index is 12.5. The van der Waals surface area contributed by atoms with E-state index < -0.39 is 34.5 Å². The number of hydrogen-bond donors (Lipinski definition) is 3. The van der Waals surface area contributed by atoms with Crippen molar-refractivity contribution in [2.75, 3.05) is 18.9 Å². The highest BCUT2D eigenvalue weighted by Crippen LogP contribution is 2.17. The molecule has 1 unspecified atom stereocenters. The quantitative estimate of drug-likeness (QED) is 0.571. The summed E-state index contributed by atoms with van der Waals surface area (Å²) in [7, 11) is -2.71. The highest BCUT2D eigenvalue weighted by Gasteiger charge is 2.25. The van der Waals surface area contributed by atoms with Crippen LogP contribution in [0.3, 0.4) is 0 Å². The van der Waals surface area contributed by atoms with E-state index in [1.165, 1.54) is 38.2 Å². The van der Waals surface area contributed by atoms with E-state index in [9.17, 15) is 22.8 Å². The molecule has 26 heavy (non-hydrogen) atoms. The molecule has 10 heteroatoms. The van der Waals surface area contributed by atoms with Crippen molar-refractivity contribution in [2.24, 2.45) is 0 Å². The summed E-state index contributed by atoms with van der Waals surface area (Å²) in [4.78, 5) is 34.0. The van der Waals surface area contributed by atoms with Crippen LogP contribution in [0.1, 0.15) is 26.7 Å². The molecule has 1 rings (SSSR count). The zero-order valence-electron chi connectivity index (χ0n) is 14.9. The van der Waals surface area contributed by atoms with Gasteiger partial charge in [-0.05, 0) is 30.7 Å². The predicted octanol–water partition coefficient (Wildman–Crippen LogP) is 0.635. The summed E-state index contributed by atoms with van der Waals surface area (Å²) in [5.41, 5.74) is 0.445. The first-order valence-electron chi connectivity index (χ1n) is 7.94. The Bertz CT molecular complexity index is 761. The van der Waals surface area contributed by atoms with Crippen LogP contribution in [0.5, 0.6) is 0 Å². The van der Waals surface area contributed by atoms with Crippen LogP contribution in [-0.4, -0.2) is 55.2 Å². The van der Waals surface area contributed by atoms with Crippen LogP contribution in [-0.2, 0) is 24.4 Å². The van der Waals surface area contributed by atoms with Crippen molar-refractivity contribution in [3.8, 4) is 0 Å². The molecule has 1 aromatic rings. The average molecular weight is 385 g/mol. The molecule has 144 valence electrons. The highest BCUT2D eigenvalue weighted by atomic mass is 32.2. The second-order valence-corrected chi connectivity index (χ2v) is 7.76. The third-order valence-corrected chi connectivity index (χ3v) is 5.28. The van der Waals surface area contributed by atoms with Crippen molar-refractivity contribution in [3.63, 3.8) is 0 Å². The second-order valence-electron chi connectivity index (χ2n) is 5.71. The maximum absolute atomic E-state index is 12.5. The maximum Gasteiger partial charge on any atom is 0.326 e. The number of likely N-dealkylation sites (N-methyl/N-ethyl adjacent to an activating group) is 1. The zero-order valence-corrected chi connectivity index (χ0v) is 15.7. The van der Waals surface area contributed by atoms with Crippen LogP contribution < -0.4 is 10.6 Å². The number of rotatable bonds is 9. The Morgan fingerprint density at radius 1 is 1.19 bits per heavy atom. The first-order chi connectivity index (χ1) is 12.1. The molecule has 1 atom stereocenters. The minimum atomic E-state index is -3.94. The molecule has 0 saturated heterocycles. The van der Waals surface area contributed by atoms with Gasteiger partial charge in [0, 0.05) is 19.7 Å². The van der Waals surface area contributed by atoms with Crippen molar-refractivity contribution in [2.45, 2.75) is 37.6 Å². The van der Waals surface area contributed by atoms with Crippen molar-refractivity contribution in [3.05, 3.63) is 24.3 Å². The smallest absolute Gasteiger partial charge is 0.326 e. The average Bonchev–Trinajstić information content (AvgIpc) is 2.54. The highest BCUT2D eigenvalue weighted by molar-refractivity contribution is 7.89. The molecule has 0 bridgehead atoms. The minimum Gasteiger partial charge on any atom is -0.480 e. The van der Waals surface area contributed by atoms with Gasteiger partial charge in [0.1, 0.15) is 6.04 Å². The second kappa shape index (κ2) is 9.30. The van der Waals surface area contributed by atoms with Crippen LogP contribution in [0.4, 0.5) is 5.69 Å². The summed E-state index contributed by atoms with van der Waals surface area (Å²) < 4.78 is 25.8. The Labute approximate surface area is 152 Å². The van der Waals surface area contributed by atoms with Crippen molar-refractivity contribution in [1.29, 1.82) is 0 Å². The monoisotopic (exact) mass is 385 g/mol. The molecule has 0 spiro atoms. The van der Waals surface area contributed by atoms with E-state index in [1.807, 2.05) is 0 Å². The molecular formula is C16H23N3O6S. The summed E-state index contributed by atoms with van der Waals surface area (Å²) in [5, 5.41) is 13.9. The van der Waals surface area contributed by atoms with Gasteiger partial charge in [-0.2, -0.15) is 4.31 Å². The van der Waals surface area contributed by atoms with E-state index in [0.717, 1.165) is 4.31 Å². The lowest BCUT2D eigenvalue weighted by Gasteiger charge is -2.19. The van der Waals surface area contributed by atoms with Gasteiger partial charge < -0.3 is 15.7 Å². The van der Waals surface area contributed by atoms with E-state index in [-0.39, 0.29) is 17.2 Å². The molecule has 2 amide bonds. The number of amides is 2. The molecule has 0 radical (unpaired) electrons. The summed E-state index contributed by atoms with van der Waals surface area (Å²) >= 11 is 0. The molecule has 0 aromatic heterocycles. The first-order valence-corrected chi connectivity index (χ1v) is 9.38. The molecule has 0 saturated carbocycles. The lowest BCUT2D eigenvalue weighted by atomic mass is 10.2. The Morgan fingerprint density at radius 2 is 1.77 bits per heavy atom. The Hall–Kier alpha value is -2.46. The van der Waals surface area contributed by atoms with Gasteiger partial charge in [-0.15, -0.1) is 0 Å². The summed E-state index contributed by atoms with van der Waals surface area (Å²) in [6.07, 6.45) is 0.814. The normalized spacial score (nSPS) is 12.5. The molecule has 0 aliphatic rings. The number of nitrogens with one attached hydrogen (secondary N) is 2. The number of hydrogen-bond acceptors (Lipinski definition) is 5.